The highest BCUT2D eigenvalue weighted by Gasteiger charge is 2.41. The lowest BCUT2D eigenvalue weighted by atomic mass is 9.62. The van der Waals surface area contributed by atoms with Crippen LogP contribution in [0, 0.1) is 30.1 Å². The predicted molar refractivity (Wildman–Crippen MR) is 123 cm³/mol. The SMILES string of the molecule is [C-]#[N+]c1cccc2c(NC3C4CCC(CC4)C3C)nc(-c3c[nH]c4ncc(F)cc34)nc12. The molecule has 32 heavy (non-hydrogen) atoms. The molecular formula is C25H23FN6. The van der Waals surface area contributed by atoms with Crippen molar-refractivity contribution in [1.29, 1.82) is 0 Å². The molecule has 4 aromatic rings. The quantitative estimate of drug-likeness (QED) is 0.388. The summed E-state index contributed by atoms with van der Waals surface area (Å²) in [5, 5.41) is 5.24. The van der Waals surface area contributed by atoms with Gasteiger partial charge in [-0.15, -0.1) is 0 Å². The number of para-hydroxylation sites is 1. The number of fused-ring (bicyclic) bond motifs is 5. The molecule has 2 N–H and O–H groups in total. The summed E-state index contributed by atoms with van der Waals surface area (Å²) in [5.74, 6) is 2.77. The maximum Gasteiger partial charge on any atom is 0.213 e. The van der Waals surface area contributed by atoms with Crippen molar-refractivity contribution in [3.8, 4) is 11.4 Å². The van der Waals surface area contributed by atoms with Gasteiger partial charge in [0, 0.05) is 28.6 Å². The predicted octanol–water partition coefficient (Wildman–Crippen LogP) is 6.10. The number of hydrogen-bond donors (Lipinski definition) is 2. The molecule has 1 aromatic carbocycles. The first kappa shape index (κ1) is 19.2. The molecule has 0 spiro atoms. The van der Waals surface area contributed by atoms with Crippen molar-refractivity contribution in [1.82, 2.24) is 19.9 Å². The molecule has 3 aliphatic carbocycles. The number of rotatable bonds is 3. The second kappa shape index (κ2) is 7.27. The van der Waals surface area contributed by atoms with E-state index in [1.54, 1.807) is 12.3 Å². The number of benzene rings is 1. The third kappa shape index (κ3) is 2.94. The van der Waals surface area contributed by atoms with Gasteiger partial charge in [0.05, 0.1) is 18.3 Å². The number of nitrogens with zero attached hydrogens (tertiary/aromatic N) is 4. The van der Waals surface area contributed by atoms with E-state index in [2.05, 4.69) is 27.1 Å². The summed E-state index contributed by atoms with van der Waals surface area (Å²) in [6.07, 6.45) is 8.08. The molecule has 160 valence electrons. The zero-order valence-corrected chi connectivity index (χ0v) is 17.8. The Morgan fingerprint density at radius 2 is 1.94 bits per heavy atom. The molecule has 3 aliphatic rings. The van der Waals surface area contributed by atoms with E-state index in [4.69, 9.17) is 16.5 Å². The molecule has 3 fully saturated rings. The van der Waals surface area contributed by atoms with Crippen LogP contribution in [-0.4, -0.2) is 26.0 Å². The fourth-order valence-corrected chi connectivity index (χ4v) is 5.78. The Hall–Kier alpha value is -3.53. The van der Waals surface area contributed by atoms with Gasteiger partial charge in [-0.3, -0.25) is 0 Å². The molecular weight excluding hydrogens is 403 g/mol. The third-order valence-electron chi connectivity index (χ3n) is 7.50. The summed E-state index contributed by atoms with van der Waals surface area (Å²) in [5.41, 5.74) is 2.35. The molecule has 0 saturated heterocycles. The van der Waals surface area contributed by atoms with Crippen LogP contribution in [0.15, 0.2) is 36.7 Å². The molecule has 3 heterocycles. The van der Waals surface area contributed by atoms with Gasteiger partial charge in [-0.25, -0.2) is 24.2 Å². The van der Waals surface area contributed by atoms with E-state index in [1.807, 2.05) is 12.1 Å². The second-order valence-electron chi connectivity index (χ2n) is 9.14. The maximum atomic E-state index is 13.9. The van der Waals surface area contributed by atoms with Crippen molar-refractivity contribution in [2.24, 2.45) is 17.8 Å². The van der Waals surface area contributed by atoms with Crippen LogP contribution in [0.1, 0.15) is 32.6 Å². The summed E-state index contributed by atoms with van der Waals surface area (Å²) in [7, 11) is 0. The highest BCUT2D eigenvalue weighted by atomic mass is 19.1. The molecule has 7 heteroatoms. The topological polar surface area (TPSA) is 70.8 Å². The van der Waals surface area contributed by atoms with Gasteiger partial charge in [-0.1, -0.05) is 25.1 Å². The van der Waals surface area contributed by atoms with Crippen LogP contribution in [0.25, 0.3) is 38.2 Å². The maximum absolute atomic E-state index is 13.9. The molecule has 3 aromatic heterocycles. The molecule has 0 aliphatic heterocycles. The van der Waals surface area contributed by atoms with Gasteiger partial charge < -0.3 is 10.3 Å². The van der Waals surface area contributed by atoms with Crippen LogP contribution < -0.4 is 5.32 Å². The van der Waals surface area contributed by atoms with E-state index < -0.39 is 5.82 Å². The van der Waals surface area contributed by atoms with Gasteiger partial charge in [-0.2, -0.15) is 0 Å². The fraction of sp³-hybridized carbons (Fsp3) is 0.360. The first-order chi connectivity index (χ1) is 15.6. The summed E-state index contributed by atoms with van der Waals surface area (Å²) in [6, 6.07) is 7.42. The second-order valence-corrected chi connectivity index (χ2v) is 9.14. The highest BCUT2D eigenvalue weighted by Crippen LogP contribution is 2.46. The molecule has 2 atom stereocenters. The number of anilines is 1. The summed E-state index contributed by atoms with van der Waals surface area (Å²) in [6.45, 7) is 9.98. The third-order valence-corrected chi connectivity index (χ3v) is 7.50. The van der Waals surface area contributed by atoms with Crippen molar-refractivity contribution in [2.75, 3.05) is 5.32 Å². The van der Waals surface area contributed by atoms with Gasteiger partial charge >= 0.3 is 0 Å². The Kier molecular flexibility index (Phi) is 4.35. The van der Waals surface area contributed by atoms with Crippen molar-refractivity contribution >= 4 is 33.4 Å². The number of nitrogens with one attached hydrogen (secondary N) is 2. The van der Waals surface area contributed by atoms with Gasteiger partial charge in [-0.05, 0) is 49.5 Å². The van der Waals surface area contributed by atoms with Crippen molar-refractivity contribution < 1.29 is 4.39 Å². The number of halogens is 1. The Labute approximate surface area is 185 Å². The van der Waals surface area contributed by atoms with Gasteiger partial charge in [0.15, 0.2) is 5.82 Å². The van der Waals surface area contributed by atoms with Crippen LogP contribution in [-0.2, 0) is 0 Å². The van der Waals surface area contributed by atoms with Gasteiger partial charge in [0.25, 0.3) is 0 Å². The van der Waals surface area contributed by atoms with Crippen molar-refractivity contribution in [2.45, 2.75) is 38.6 Å². The number of aromatic amines is 1. The minimum Gasteiger partial charge on any atom is -0.366 e. The first-order valence-electron chi connectivity index (χ1n) is 11.2. The Balaban J connectivity index is 1.53. The van der Waals surface area contributed by atoms with Crippen LogP contribution in [0.4, 0.5) is 15.9 Å². The minimum atomic E-state index is -0.411. The van der Waals surface area contributed by atoms with Crippen molar-refractivity contribution in [3.05, 3.63) is 53.9 Å². The molecule has 6 nitrogen and oxygen atoms in total. The number of hydrogen-bond acceptors (Lipinski definition) is 4. The van der Waals surface area contributed by atoms with E-state index in [1.165, 1.54) is 37.9 Å². The molecule has 3 saturated carbocycles. The van der Waals surface area contributed by atoms with E-state index in [0.717, 1.165) is 17.1 Å². The summed E-state index contributed by atoms with van der Waals surface area (Å²) >= 11 is 0. The summed E-state index contributed by atoms with van der Waals surface area (Å²) < 4.78 is 13.9. The van der Waals surface area contributed by atoms with Crippen LogP contribution >= 0.6 is 0 Å². The standard InChI is InChI=1S/C25H23FN6/c1-13-14-6-8-15(9-7-14)21(13)30-24-17-4-3-5-20(27-2)22(17)31-25(32-24)19-12-29-23-18(19)10-16(26)11-28-23/h3-5,10-15,21H,6-9H2,1H3,(H,28,29)(H,30,31,32). The van der Waals surface area contributed by atoms with Gasteiger partial charge in [0.1, 0.15) is 17.3 Å². The number of aromatic nitrogens is 4. The molecule has 7 rings (SSSR count). The minimum absolute atomic E-state index is 0.354. The van der Waals surface area contributed by atoms with Crippen LogP contribution in [0.2, 0.25) is 0 Å². The summed E-state index contributed by atoms with van der Waals surface area (Å²) in [4.78, 5) is 20.6. The van der Waals surface area contributed by atoms with Crippen LogP contribution in [0.5, 0.6) is 0 Å². The van der Waals surface area contributed by atoms with Crippen LogP contribution in [0.3, 0.4) is 0 Å². The normalized spacial score (nSPS) is 24.7. The molecule has 0 radical (unpaired) electrons. The van der Waals surface area contributed by atoms with E-state index in [-0.39, 0.29) is 0 Å². The smallest absolute Gasteiger partial charge is 0.213 e. The van der Waals surface area contributed by atoms with Crippen molar-refractivity contribution in [3.63, 3.8) is 0 Å². The highest BCUT2D eigenvalue weighted by molar-refractivity contribution is 6.00. The van der Waals surface area contributed by atoms with E-state index in [9.17, 15) is 4.39 Å². The zero-order chi connectivity index (χ0) is 21.8. The lowest BCUT2D eigenvalue weighted by molar-refractivity contribution is 0.0929. The average molecular weight is 426 g/mol. The van der Waals surface area contributed by atoms with E-state index >= 15 is 0 Å². The average Bonchev–Trinajstić information content (AvgIpc) is 3.24. The Bertz CT molecular complexity index is 1380. The number of H-pyrrole nitrogens is 1. The largest absolute Gasteiger partial charge is 0.366 e. The lowest BCUT2D eigenvalue weighted by Gasteiger charge is -2.47. The lowest BCUT2D eigenvalue weighted by Crippen LogP contribution is -2.47. The molecule has 0 amide bonds. The zero-order valence-electron chi connectivity index (χ0n) is 17.8. The Morgan fingerprint density at radius 3 is 2.72 bits per heavy atom. The van der Waals surface area contributed by atoms with Gasteiger partial charge in [0.2, 0.25) is 5.69 Å². The monoisotopic (exact) mass is 426 g/mol. The molecule has 2 bridgehead atoms. The first-order valence-corrected chi connectivity index (χ1v) is 11.2. The Morgan fingerprint density at radius 1 is 1.12 bits per heavy atom. The van der Waals surface area contributed by atoms with E-state index in [0.29, 0.717) is 51.5 Å². The number of pyridine rings is 1. The molecule has 2 unspecified atom stereocenters. The fourth-order valence-electron chi connectivity index (χ4n) is 5.78.